The minimum atomic E-state index is -1.43. The van der Waals surface area contributed by atoms with Gasteiger partial charge in [-0.05, 0) is 30.5 Å². The zero-order valence-corrected chi connectivity index (χ0v) is 19.5. The van der Waals surface area contributed by atoms with Crippen molar-refractivity contribution in [3.05, 3.63) is 59.7 Å². The number of fused-ring (bicyclic) bond motifs is 5. The molecule has 6 heteroatoms. The Morgan fingerprint density at radius 3 is 2.18 bits per heavy atom. The van der Waals surface area contributed by atoms with Gasteiger partial charge in [0.2, 0.25) is 0 Å². The molecule has 0 amide bonds. The fourth-order valence-corrected chi connectivity index (χ4v) is 7.01. The molecular formula is C27H31NO5. The van der Waals surface area contributed by atoms with Crippen LogP contribution in [0.1, 0.15) is 55.7 Å². The first-order valence-electron chi connectivity index (χ1n) is 11.7. The number of benzene rings is 2. The van der Waals surface area contributed by atoms with Crippen LogP contribution in [-0.4, -0.2) is 39.3 Å². The molecule has 6 nitrogen and oxygen atoms in total. The second kappa shape index (κ2) is 8.08. The van der Waals surface area contributed by atoms with Crippen LogP contribution in [0.3, 0.4) is 0 Å². The lowest BCUT2D eigenvalue weighted by Gasteiger charge is -2.45. The van der Waals surface area contributed by atoms with Crippen LogP contribution in [0, 0.1) is 5.41 Å². The lowest BCUT2D eigenvalue weighted by molar-refractivity contribution is -0.171. The van der Waals surface area contributed by atoms with Gasteiger partial charge in [0.15, 0.2) is 5.41 Å². The van der Waals surface area contributed by atoms with Crippen LogP contribution in [0.25, 0.3) is 0 Å². The SMILES string of the molecule is COC(=O)C1(C(=O)OC)C[C@@H](c2ccccc2OC)N2c3ccccc3C3(CCCCC3)[C@@H]21. The normalized spacial score (nSPS) is 24.2. The van der Waals surface area contributed by atoms with Gasteiger partial charge < -0.3 is 19.1 Å². The van der Waals surface area contributed by atoms with E-state index in [1.54, 1.807) is 7.11 Å². The van der Waals surface area contributed by atoms with Crippen molar-refractivity contribution in [2.45, 2.75) is 56.0 Å². The molecule has 2 aliphatic heterocycles. The Morgan fingerprint density at radius 2 is 1.52 bits per heavy atom. The minimum Gasteiger partial charge on any atom is -0.496 e. The number of esters is 2. The summed E-state index contributed by atoms with van der Waals surface area (Å²) in [7, 11) is 4.38. The average Bonchev–Trinajstić information content (AvgIpc) is 3.37. The summed E-state index contributed by atoms with van der Waals surface area (Å²) in [6.07, 6.45) is 5.44. The fraction of sp³-hybridized carbons (Fsp3) is 0.481. The van der Waals surface area contributed by atoms with Crippen molar-refractivity contribution >= 4 is 17.6 Å². The van der Waals surface area contributed by atoms with E-state index in [0.29, 0.717) is 0 Å². The number of anilines is 1. The van der Waals surface area contributed by atoms with Crippen molar-refractivity contribution in [2.75, 3.05) is 26.2 Å². The summed E-state index contributed by atoms with van der Waals surface area (Å²) in [6, 6.07) is 15.7. The van der Waals surface area contributed by atoms with Crippen LogP contribution in [0.2, 0.25) is 0 Å². The number of nitrogens with zero attached hydrogens (tertiary/aromatic N) is 1. The Labute approximate surface area is 194 Å². The van der Waals surface area contributed by atoms with Gasteiger partial charge in [-0.15, -0.1) is 0 Å². The van der Waals surface area contributed by atoms with Crippen LogP contribution >= 0.6 is 0 Å². The molecule has 5 rings (SSSR count). The van der Waals surface area contributed by atoms with E-state index in [1.165, 1.54) is 19.8 Å². The fourth-order valence-electron chi connectivity index (χ4n) is 7.01. The maximum Gasteiger partial charge on any atom is 0.325 e. The van der Waals surface area contributed by atoms with Crippen LogP contribution in [-0.2, 0) is 24.5 Å². The third kappa shape index (κ3) is 2.85. The van der Waals surface area contributed by atoms with Crippen LogP contribution < -0.4 is 9.64 Å². The molecular weight excluding hydrogens is 418 g/mol. The Bertz CT molecular complexity index is 1060. The summed E-state index contributed by atoms with van der Waals surface area (Å²) >= 11 is 0. The third-order valence-electron chi connectivity index (χ3n) is 8.18. The van der Waals surface area contributed by atoms with Gasteiger partial charge >= 0.3 is 11.9 Å². The highest BCUT2D eigenvalue weighted by molar-refractivity contribution is 6.03. The number of hydrogen-bond acceptors (Lipinski definition) is 6. The van der Waals surface area contributed by atoms with Gasteiger partial charge in [-0.1, -0.05) is 55.7 Å². The summed E-state index contributed by atoms with van der Waals surface area (Å²) in [4.78, 5) is 29.5. The molecule has 0 unspecified atom stereocenters. The van der Waals surface area contributed by atoms with Crippen LogP contribution in [0.4, 0.5) is 5.69 Å². The molecule has 0 bridgehead atoms. The second-order valence-electron chi connectivity index (χ2n) is 9.46. The lowest BCUT2D eigenvalue weighted by Crippen LogP contribution is -2.58. The number of carbonyl (C=O) groups excluding carboxylic acids is 2. The van der Waals surface area contributed by atoms with Crippen LogP contribution in [0.15, 0.2) is 48.5 Å². The Kier molecular flexibility index (Phi) is 5.34. The maximum absolute atomic E-state index is 13.6. The summed E-state index contributed by atoms with van der Waals surface area (Å²) in [6.45, 7) is 0. The molecule has 174 valence electrons. The number of para-hydroxylation sites is 2. The van der Waals surface area contributed by atoms with Gasteiger partial charge in [-0.3, -0.25) is 9.59 Å². The summed E-state index contributed by atoms with van der Waals surface area (Å²) < 4.78 is 16.4. The van der Waals surface area contributed by atoms with E-state index in [9.17, 15) is 9.59 Å². The topological polar surface area (TPSA) is 65.1 Å². The van der Waals surface area contributed by atoms with E-state index in [0.717, 1.165) is 49.1 Å². The molecule has 0 radical (unpaired) electrons. The van der Waals surface area contributed by atoms with Gasteiger partial charge in [0.1, 0.15) is 5.75 Å². The van der Waals surface area contributed by atoms with Crippen molar-refractivity contribution < 1.29 is 23.8 Å². The van der Waals surface area contributed by atoms with Gasteiger partial charge in [-0.2, -0.15) is 0 Å². The van der Waals surface area contributed by atoms with Gasteiger partial charge in [0.05, 0.1) is 33.4 Å². The molecule has 1 saturated heterocycles. The van der Waals surface area contributed by atoms with E-state index < -0.39 is 17.4 Å². The van der Waals surface area contributed by atoms with Crippen molar-refractivity contribution in [3.8, 4) is 5.75 Å². The number of hydrogen-bond donors (Lipinski definition) is 0. The highest BCUT2D eigenvalue weighted by Gasteiger charge is 2.72. The zero-order valence-electron chi connectivity index (χ0n) is 19.5. The number of carbonyl (C=O) groups is 2. The quantitative estimate of drug-likeness (QED) is 0.504. The van der Waals surface area contributed by atoms with Crippen molar-refractivity contribution in [2.24, 2.45) is 5.41 Å². The van der Waals surface area contributed by atoms with Gasteiger partial charge in [0.25, 0.3) is 0 Å². The minimum absolute atomic E-state index is 0.230. The van der Waals surface area contributed by atoms with E-state index in [1.807, 2.05) is 30.3 Å². The first-order chi connectivity index (χ1) is 16.0. The number of rotatable bonds is 4. The van der Waals surface area contributed by atoms with E-state index in [-0.39, 0.29) is 23.9 Å². The average molecular weight is 450 g/mol. The molecule has 2 aromatic carbocycles. The molecule has 2 aromatic rings. The number of ether oxygens (including phenoxy) is 3. The van der Waals surface area contributed by atoms with Crippen molar-refractivity contribution in [1.82, 2.24) is 0 Å². The summed E-state index contributed by atoms with van der Waals surface area (Å²) in [5.41, 5.74) is 1.54. The molecule has 2 fully saturated rings. The molecule has 1 saturated carbocycles. The van der Waals surface area contributed by atoms with Gasteiger partial charge in [0, 0.05) is 23.1 Å². The van der Waals surface area contributed by atoms with E-state index in [2.05, 4.69) is 23.1 Å². The highest BCUT2D eigenvalue weighted by Crippen LogP contribution is 2.66. The largest absolute Gasteiger partial charge is 0.496 e. The van der Waals surface area contributed by atoms with Crippen molar-refractivity contribution in [1.29, 1.82) is 0 Å². The van der Waals surface area contributed by atoms with E-state index in [4.69, 9.17) is 14.2 Å². The molecule has 1 aliphatic carbocycles. The monoisotopic (exact) mass is 449 g/mol. The molecule has 2 heterocycles. The lowest BCUT2D eigenvalue weighted by atomic mass is 9.59. The predicted octanol–water partition coefficient (Wildman–Crippen LogP) is 4.56. The smallest absolute Gasteiger partial charge is 0.325 e. The molecule has 1 spiro atoms. The Hall–Kier alpha value is -3.02. The zero-order chi connectivity index (χ0) is 23.2. The second-order valence-corrected chi connectivity index (χ2v) is 9.46. The Balaban J connectivity index is 1.81. The number of methoxy groups -OCH3 is 3. The molecule has 33 heavy (non-hydrogen) atoms. The standard InChI is InChI=1S/C27H31NO5/c1-31-22-14-8-5-11-18(22)21-17-27(24(29)32-2,25(30)33-3)23-26(15-9-4-10-16-26)19-12-6-7-13-20(19)28(21)23/h5-8,11-14,21,23H,4,9-10,15-17H2,1-3H3/t21-,23+/m0/s1. The molecule has 0 aromatic heterocycles. The van der Waals surface area contributed by atoms with Crippen molar-refractivity contribution in [3.63, 3.8) is 0 Å². The molecule has 2 atom stereocenters. The first kappa shape index (κ1) is 21.8. The first-order valence-corrected chi connectivity index (χ1v) is 11.7. The van der Waals surface area contributed by atoms with Gasteiger partial charge in [-0.25, -0.2) is 0 Å². The summed E-state index contributed by atoms with van der Waals surface area (Å²) in [5.74, 6) is -0.284. The van der Waals surface area contributed by atoms with Crippen LogP contribution in [0.5, 0.6) is 5.75 Å². The predicted molar refractivity (Wildman–Crippen MR) is 124 cm³/mol. The highest BCUT2D eigenvalue weighted by atomic mass is 16.5. The maximum atomic E-state index is 13.6. The summed E-state index contributed by atoms with van der Waals surface area (Å²) in [5, 5.41) is 0. The Morgan fingerprint density at radius 1 is 0.879 bits per heavy atom. The molecule has 3 aliphatic rings. The molecule has 0 N–H and O–H groups in total. The third-order valence-corrected chi connectivity index (χ3v) is 8.18. The van der Waals surface area contributed by atoms with E-state index >= 15 is 0 Å².